The summed E-state index contributed by atoms with van der Waals surface area (Å²) < 4.78 is 46.1. The van der Waals surface area contributed by atoms with E-state index in [2.05, 4.69) is 12.2 Å². The van der Waals surface area contributed by atoms with Crippen molar-refractivity contribution in [1.82, 2.24) is 9.80 Å². The van der Waals surface area contributed by atoms with Crippen molar-refractivity contribution >= 4 is 48.3 Å². The average molecular weight is 902 g/mol. The molecule has 0 spiro atoms. The number of phosphoric ester groups is 1. The van der Waals surface area contributed by atoms with E-state index in [0.717, 1.165) is 37.1 Å². The Morgan fingerprint density at radius 1 is 0.833 bits per heavy atom. The van der Waals surface area contributed by atoms with E-state index < -0.39 is 20.2 Å². The fourth-order valence-electron chi connectivity index (χ4n) is 6.92. The van der Waals surface area contributed by atoms with Gasteiger partial charge < -0.3 is 48.0 Å². The minimum absolute atomic E-state index is 0.00727. The van der Waals surface area contributed by atoms with Crippen molar-refractivity contribution in [2.75, 3.05) is 72.0 Å². The van der Waals surface area contributed by atoms with Gasteiger partial charge in [0.05, 0.1) is 42.0 Å². The number of nitrogens with zero attached hydrogens (tertiary/aromatic N) is 2. The van der Waals surface area contributed by atoms with Crippen LogP contribution in [0.15, 0.2) is 42.5 Å². The second-order valence-electron chi connectivity index (χ2n) is 15.6. The van der Waals surface area contributed by atoms with Gasteiger partial charge in [-0.3, -0.25) is 9.36 Å². The Bertz CT molecular complexity index is 1480. The van der Waals surface area contributed by atoms with Crippen LogP contribution in [0.3, 0.4) is 0 Å². The van der Waals surface area contributed by atoms with Gasteiger partial charge in [-0.15, -0.1) is 0 Å². The maximum atomic E-state index is 13.6. The molecule has 0 radical (unpaired) electrons. The number of hydrogen-bond acceptors (Lipinski definition) is 11. The third-order valence-electron chi connectivity index (χ3n) is 10.7. The molecule has 0 aliphatic carbocycles. The van der Waals surface area contributed by atoms with E-state index in [1.54, 1.807) is 23.1 Å². The van der Waals surface area contributed by atoms with E-state index in [4.69, 9.17) is 51.2 Å². The molecule has 342 valence electrons. The molecule has 1 N–H and O–H groups in total. The molecule has 1 fully saturated rings. The van der Waals surface area contributed by atoms with Crippen LogP contribution in [0.1, 0.15) is 129 Å². The summed E-state index contributed by atoms with van der Waals surface area (Å²) in [6, 6.07) is 12.8. The molecule has 1 amide bonds. The number of phosphoric acid groups is 1. The highest BCUT2D eigenvalue weighted by molar-refractivity contribution is 7.45. The molecule has 0 aromatic heterocycles. The Hall–Kier alpha value is -1.80. The molecular formula is C45H73Cl2N3O9P-. The van der Waals surface area contributed by atoms with E-state index >= 15 is 0 Å². The van der Waals surface area contributed by atoms with E-state index in [-0.39, 0.29) is 45.7 Å². The second-order valence-corrected chi connectivity index (χ2v) is 17.9. The predicted molar refractivity (Wildman–Crippen MR) is 240 cm³/mol. The molecule has 12 nitrogen and oxygen atoms in total. The third-order valence-corrected chi connectivity index (χ3v) is 12.3. The molecule has 1 saturated heterocycles. The lowest BCUT2D eigenvalue weighted by atomic mass is 10.0. The fraction of sp³-hybridized carbons (Fsp3) is 0.711. The number of unbranched alkanes of at least 4 members (excludes halogenated alkanes) is 14. The lowest BCUT2D eigenvalue weighted by Crippen LogP contribution is -2.39. The van der Waals surface area contributed by atoms with Crippen LogP contribution in [0, 0.1) is 0 Å². The summed E-state index contributed by atoms with van der Waals surface area (Å²) in [6.07, 6.45) is 19.7. The van der Waals surface area contributed by atoms with Crippen molar-refractivity contribution in [1.29, 1.82) is 0 Å². The highest BCUT2D eigenvalue weighted by Crippen LogP contribution is 2.38. The Kier molecular flexibility index (Phi) is 28.0. The monoisotopic (exact) mass is 900 g/mol. The molecule has 15 heteroatoms. The zero-order chi connectivity index (χ0) is 43.3. The standard InChI is InChI=1S/C45H74Cl2N3O9P/c1-4-6-7-8-9-10-11-12-13-14-15-16-17-18-21-31-54-36-55-34-39(35-59-60(52,53)58-32-30-49(3)5-2)56-37-57-44-28-23-29-50(44)43(51)33-38-24-19-20-27-42(38)48-45-40(46)25-22-26-41(45)47/h19-20,22,24-27,39,44,48H,4-18,21,23,28-37H2,1-3H3,(H,52,53)/p-1. The van der Waals surface area contributed by atoms with Crippen molar-refractivity contribution in [3.05, 3.63) is 58.1 Å². The van der Waals surface area contributed by atoms with Gasteiger partial charge in [-0.2, -0.15) is 0 Å². The van der Waals surface area contributed by atoms with Gasteiger partial charge in [0.25, 0.3) is 7.82 Å². The van der Waals surface area contributed by atoms with E-state index in [1.807, 2.05) is 43.1 Å². The zero-order valence-electron chi connectivity index (χ0n) is 36.6. The first-order valence-electron chi connectivity index (χ1n) is 22.4. The lowest BCUT2D eigenvalue weighted by molar-refractivity contribution is -0.232. The number of carbonyl (C=O) groups is 1. The van der Waals surface area contributed by atoms with Crippen molar-refractivity contribution < 1.29 is 42.2 Å². The van der Waals surface area contributed by atoms with Crippen molar-refractivity contribution in [3.63, 3.8) is 0 Å². The summed E-state index contributed by atoms with van der Waals surface area (Å²) in [5, 5.41) is 4.23. The molecule has 2 aromatic carbocycles. The molecule has 0 bridgehead atoms. The number of carbonyl (C=O) groups excluding carboxylic acids is 1. The van der Waals surface area contributed by atoms with Crippen LogP contribution < -0.4 is 10.2 Å². The maximum Gasteiger partial charge on any atom is 0.268 e. The highest BCUT2D eigenvalue weighted by Gasteiger charge is 2.30. The number of likely N-dealkylation sites (N-methyl/N-ethyl adjacent to an activating group) is 1. The molecule has 3 unspecified atom stereocenters. The van der Waals surface area contributed by atoms with Crippen LogP contribution in [0.25, 0.3) is 0 Å². The average Bonchev–Trinajstić information content (AvgIpc) is 3.71. The van der Waals surface area contributed by atoms with Crippen molar-refractivity contribution in [3.8, 4) is 0 Å². The molecule has 3 rings (SSSR count). The van der Waals surface area contributed by atoms with Gasteiger partial charge in [0.1, 0.15) is 25.9 Å². The largest absolute Gasteiger partial charge is 0.756 e. The van der Waals surface area contributed by atoms with Gasteiger partial charge in [-0.05, 0) is 56.6 Å². The molecule has 2 aromatic rings. The first kappa shape index (κ1) is 52.5. The number of rotatable bonds is 36. The quantitative estimate of drug-likeness (QED) is 0.0398. The number of halogens is 2. The number of likely N-dealkylation sites (tertiary alicyclic amines) is 1. The summed E-state index contributed by atoms with van der Waals surface area (Å²) in [5.41, 5.74) is 2.07. The van der Waals surface area contributed by atoms with Crippen molar-refractivity contribution in [2.24, 2.45) is 0 Å². The Morgan fingerprint density at radius 3 is 2.12 bits per heavy atom. The van der Waals surface area contributed by atoms with Gasteiger partial charge >= 0.3 is 0 Å². The first-order chi connectivity index (χ1) is 29.1. The molecule has 1 heterocycles. The fourth-order valence-corrected chi connectivity index (χ4v) is 8.14. The molecular weight excluding hydrogens is 828 g/mol. The minimum Gasteiger partial charge on any atom is -0.756 e. The number of benzene rings is 2. The molecule has 60 heavy (non-hydrogen) atoms. The van der Waals surface area contributed by atoms with Gasteiger partial charge in [0.15, 0.2) is 0 Å². The molecule has 3 atom stereocenters. The SMILES string of the molecule is CCCCCCCCCCCCCCCCCOCOCC(COP(=O)([O-])OCCN(C)CC)OCOC1CCCN1C(=O)Cc1ccccc1Nc1c(Cl)cccc1Cl. The Balaban J connectivity index is 1.38. The zero-order valence-corrected chi connectivity index (χ0v) is 39.0. The van der Waals surface area contributed by atoms with Crippen LogP contribution in [0.2, 0.25) is 10.0 Å². The molecule has 1 aliphatic rings. The summed E-state index contributed by atoms with van der Waals surface area (Å²) >= 11 is 12.8. The summed E-state index contributed by atoms with van der Waals surface area (Å²) in [6.45, 7) is 6.03. The lowest BCUT2D eigenvalue weighted by Gasteiger charge is -2.28. The van der Waals surface area contributed by atoms with Gasteiger partial charge in [-0.25, -0.2) is 0 Å². The number of amides is 1. The number of para-hydroxylation sites is 2. The van der Waals surface area contributed by atoms with Gasteiger partial charge in [0, 0.05) is 25.4 Å². The smallest absolute Gasteiger partial charge is 0.268 e. The second kappa shape index (κ2) is 31.9. The van der Waals surface area contributed by atoms with Crippen LogP contribution in [0.5, 0.6) is 0 Å². The topological polar surface area (TPSA) is 131 Å². The summed E-state index contributed by atoms with van der Waals surface area (Å²) in [4.78, 5) is 29.8. The number of nitrogens with one attached hydrogen (secondary N) is 1. The maximum absolute atomic E-state index is 13.6. The summed E-state index contributed by atoms with van der Waals surface area (Å²) in [5.74, 6) is -0.107. The number of ether oxygens (including phenoxy) is 4. The molecule has 0 saturated carbocycles. The van der Waals surface area contributed by atoms with E-state index in [9.17, 15) is 14.3 Å². The third kappa shape index (κ3) is 22.5. The van der Waals surface area contributed by atoms with Gasteiger partial charge in [0.2, 0.25) is 5.91 Å². The van der Waals surface area contributed by atoms with Crippen LogP contribution in [0.4, 0.5) is 11.4 Å². The number of hydrogen-bond donors (Lipinski definition) is 1. The van der Waals surface area contributed by atoms with E-state index in [1.165, 1.54) is 83.5 Å². The van der Waals surface area contributed by atoms with E-state index in [0.29, 0.717) is 41.8 Å². The highest BCUT2D eigenvalue weighted by atomic mass is 35.5. The van der Waals surface area contributed by atoms with Crippen LogP contribution in [-0.4, -0.2) is 94.7 Å². The van der Waals surface area contributed by atoms with Gasteiger partial charge in [-0.1, -0.05) is 151 Å². The first-order valence-corrected chi connectivity index (χ1v) is 24.6. The van der Waals surface area contributed by atoms with Crippen molar-refractivity contribution in [2.45, 2.75) is 142 Å². The Morgan fingerprint density at radius 2 is 1.47 bits per heavy atom. The molecule has 1 aliphatic heterocycles. The van der Waals surface area contributed by atoms with Crippen LogP contribution in [-0.2, 0) is 43.8 Å². The summed E-state index contributed by atoms with van der Waals surface area (Å²) in [7, 11) is -2.72. The normalized spacial score (nSPS) is 15.8. The van der Waals surface area contributed by atoms with Crippen LogP contribution >= 0.6 is 31.0 Å². The number of anilines is 2. The minimum atomic E-state index is -4.59. The Labute approximate surface area is 370 Å². The predicted octanol–water partition coefficient (Wildman–Crippen LogP) is 10.9.